The van der Waals surface area contributed by atoms with Gasteiger partial charge in [0.2, 0.25) is 0 Å². The first kappa shape index (κ1) is 4.59. The Bertz CT molecular complexity index is 67.3. The highest BCUT2D eigenvalue weighted by atomic mass is 16.6. The van der Waals surface area contributed by atoms with Crippen LogP contribution in [0.5, 0.6) is 0 Å². The second-order valence-electron chi connectivity index (χ2n) is 1.36. The van der Waals surface area contributed by atoms with Gasteiger partial charge in [0, 0.05) is 0 Å². The van der Waals surface area contributed by atoms with E-state index in [0.717, 1.165) is 0 Å². The molecule has 1 aliphatic rings. The van der Waals surface area contributed by atoms with Crippen LogP contribution in [0.15, 0.2) is 0 Å². The molecule has 0 N–H and O–H groups in total. The number of hydrogen-bond acceptors (Lipinski definition) is 3. The van der Waals surface area contributed by atoms with Crippen LogP contribution in [0.1, 0.15) is 0 Å². The van der Waals surface area contributed by atoms with Crippen molar-refractivity contribution in [1.29, 1.82) is 0 Å². The fourth-order valence-corrected chi connectivity index (χ4v) is 0.350. The van der Waals surface area contributed by atoms with Crippen molar-refractivity contribution in [3.05, 3.63) is 0 Å². The first-order chi connectivity index (χ1) is 3.43. The summed E-state index contributed by atoms with van der Waals surface area (Å²) in [5, 5.41) is 0. The van der Waals surface area contributed by atoms with Crippen LogP contribution in [0.25, 0.3) is 0 Å². The van der Waals surface area contributed by atoms with Crippen molar-refractivity contribution in [2.24, 2.45) is 0 Å². The first-order valence-corrected chi connectivity index (χ1v) is 2.04. The molecule has 1 aliphatic heterocycles. The zero-order chi connectivity index (χ0) is 5.11. The van der Waals surface area contributed by atoms with E-state index in [1.165, 1.54) is 6.47 Å². The van der Waals surface area contributed by atoms with Crippen LogP contribution < -0.4 is 0 Å². The number of ether oxygens (including phenoxy) is 2. The molecule has 0 saturated carbocycles. The maximum Gasteiger partial charge on any atom is 0.417 e. The average Bonchev–Trinajstić information content (AvgIpc) is 1.55. The standard InChI is InChI=1S/C4H5O3/c5-3-7-4-1-6-2-4/h4H,1-2H2. The Hall–Kier alpha value is -0.570. The summed E-state index contributed by atoms with van der Waals surface area (Å²) >= 11 is 0. The molecule has 1 rings (SSSR count). The molecule has 3 heteroatoms. The smallest absolute Gasteiger partial charge is 0.417 e. The molecule has 1 fully saturated rings. The molecule has 39 valence electrons. The van der Waals surface area contributed by atoms with Gasteiger partial charge < -0.3 is 9.47 Å². The highest BCUT2D eigenvalue weighted by Crippen LogP contribution is 2.02. The molecule has 0 aromatic carbocycles. The predicted molar refractivity (Wildman–Crippen MR) is 21.4 cm³/mol. The highest BCUT2D eigenvalue weighted by Gasteiger charge is 2.18. The molecule has 0 aromatic heterocycles. The van der Waals surface area contributed by atoms with Gasteiger partial charge in [-0.2, -0.15) is 0 Å². The molecule has 1 radical (unpaired) electrons. The third-order valence-corrected chi connectivity index (χ3v) is 0.822. The predicted octanol–water partition coefficient (Wildman–Crippen LogP) is -0.531. The Labute approximate surface area is 41.2 Å². The van der Waals surface area contributed by atoms with E-state index in [1.54, 1.807) is 0 Å². The van der Waals surface area contributed by atoms with Gasteiger partial charge in [0.25, 0.3) is 0 Å². The van der Waals surface area contributed by atoms with Crippen LogP contribution in [-0.4, -0.2) is 25.8 Å². The van der Waals surface area contributed by atoms with Crippen molar-refractivity contribution in [3.63, 3.8) is 0 Å². The van der Waals surface area contributed by atoms with Crippen LogP contribution in [0.4, 0.5) is 0 Å². The lowest BCUT2D eigenvalue weighted by Gasteiger charge is -2.22. The van der Waals surface area contributed by atoms with Crippen molar-refractivity contribution in [2.75, 3.05) is 13.2 Å². The summed E-state index contributed by atoms with van der Waals surface area (Å²) in [5.74, 6) is 0. The van der Waals surface area contributed by atoms with E-state index < -0.39 is 0 Å². The van der Waals surface area contributed by atoms with E-state index >= 15 is 0 Å². The van der Waals surface area contributed by atoms with Crippen molar-refractivity contribution in [1.82, 2.24) is 0 Å². The zero-order valence-corrected chi connectivity index (χ0v) is 3.72. The zero-order valence-electron chi connectivity index (χ0n) is 3.72. The molecule has 0 unspecified atom stereocenters. The summed E-state index contributed by atoms with van der Waals surface area (Å²) in [6.45, 7) is 2.41. The topological polar surface area (TPSA) is 35.5 Å². The van der Waals surface area contributed by atoms with Crippen molar-refractivity contribution in [3.8, 4) is 0 Å². The summed E-state index contributed by atoms with van der Waals surface area (Å²) in [4.78, 5) is 9.41. The van der Waals surface area contributed by atoms with Crippen LogP contribution in [-0.2, 0) is 14.3 Å². The number of hydrogen-bond donors (Lipinski definition) is 0. The van der Waals surface area contributed by atoms with Crippen LogP contribution in [0.3, 0.4) is 0 Å². The van der Waals surface area contributed by atoms with Crippen LogP contribution in [0, 0.1) is 0 Å². The molecule has 7 heavy (non-hydrogen) atoms. The quantitative estimate of drug-likeness (QED) is 0.469. The van der Waals surface area contributed by atoms with Gasteiger partial charge in [-0.1, -0.05) is 0 Å². The summed E-state index contributed by atoms with van der Waals surface area (Å²) in [6.07, 6.45) is -0.0162. The molecule has 0 spiro atoms. The largest absolute Gasteiger partial charge is 0.449 e. The van der Waals surface area contributed by atoms with Gasteiger partial charge >= 0.3 is 6.47 Å². The number of carbonyl (C=O) groups excluding carboxylic acids is 1. The average molecular weight is 101 g/mol. The molecule has 1 saturated heterocycles. The van der Waals surface area contributed by atoms with E-state index in [0.29, 0.717) is 13.2 Å². The van der Waals surface area contributed by atoms with E-state index in [2.05, 4.69) is 9.47 Å². The minimum atomic E-state index is -0.0162. The SMILES string of the molecule is O=[C]OC1COC1. The van der Waals surface area contributed by atoms with Crippen LogP contribution in [0.2, 0.25) is 0 Å². The third-order valence-electron chi connectivity index (χ3n) is 0.822. The van der Waals surface area contributed by atoms with Gasteiger partial charge in [-0.15, -0.1) is 0 Å². The Morgan fingerprint density at radius 1 is 1.71 bits per heavy atom. The normalized spacial score (nSPS) is 20.6. The van der Waals surface area contributed by atoms with Gasteiger partial charge in [-0.3, -0.25) is 0 Å². The lowest BCUT2D eigenvalue weighted by atomic mass is 10.3. The molecule has 0 amide bonds. The maximum atomic E-state index is 9.41. The van der Waals surface area contributed by atoms with Gasteiger partial charge in [-0.25, -0.2) is 4.79 Å². The molecule has 1 heterocycles. The molecule has 3 nitrogen and oxygen atoms in total. The Morgan fingerprint density at radius 2 is 2.43 bits per heavy atom. The van der Waals surface area contributed by atoms with Crippen molar-refractivity contribution >= 4 is 6.47 Å². The van der Waals surface area contributed by atoms with Crippen LogP contribution >= 0.6 is 0 Å². The summed E-state index contributed by atoms with van der Waals surface area (Å²) in [5.41, 5.74) is 0. The molecular formula is C4H5O3. The van der Waals surface area contributed by atoms with E-state index in [-0.39, 0.29) is 6.10 Å². The monoisotopic (exact) mass is 101 g/mol. The van der Waals surface area contributed by atoms with Gasteiger partial charge in [0.05, 0.1) is 13.2 Å². The molecule has 0 atom stereocenters. The summed E-state index contributed by atoms with van der Waals surface area (Å²) < 4.78 is 9.03. The minimum absolute atomic E-state index is 0.0162. The fraction of sp³-hybridized carbons (Fsp3) is 0.750. The first-order valence-electron chi connectivity index (χ1n) is 2.04. The molecule has 0 bridgehead atoms. The number of rotatable bonds is 2. The molecule has 0 aliphatic carbocycles. The minimum Gasteiger partial charge on any atom is -0.449 e. The second kappa shape index (κ2) is 1.93. The summed E-state index contributed by atoms with van der Waals surface area (Å²) in [6, 6.07) is 0. The summed E-state index contributed by atoms with van der Waals surface area (Å²) in [7, 11) is 0. The lowest BCUT2D eigenvalue weighted by molar-refractivity contribution is -0.0864. The molecule has 0 aromatic rings. The maximum absolute atomic E-state index is 9.41. The van der Waals surface area contributed by atoms with Crippen molar-refractivity contribution < 1.29 is 14.3 Å². The van der Waals surface area contributed by atoms with Crippen molar-refractivity contribution in [2.45, 2.75) is 6.10 Å². The van der Waals surface area contributed by atoms with E-state index in [1.807, 2.05) is 0 Å². The molecular weight excluding hydrogens is 96.0 g/mol. The van der Waals surface area contributed by atoms with Gasteiger partial charge in [0.1, 0.15) is 6.10 Å². The van der Waals surface area contributed by atoms with Gasteiger partial charge in [-0.05, 0) is 0 Å². The fourth-order valence-electron chi connectivity index (χ4n) is 0.350. The Kier molecular flexibility index (Phi) is 1.26. The Balaban J connectivity index is 2.03. The Morgan fingerprint density at radius 3 is 2.57 bits per heavy atom. The third kappa shape index (κ3) is 0.899. The second-order valence-corrected chi connectivity index (χ2v) is 1.36. The van der Waals surface area contributed by atoms with Gasteiger partial charge in [0.15, 0.2) is 0 Å². The lowest BCUT2D eigenvalue weighted by Crippen LogP contribution is -2.35. The van der Waals surface area contributed by atoms with E-state index in [9.17, 15) is 4.79 Å². The van der Waals surface area contributed by atoms with E-state index in [4.69, 9.17) is 0 Å². The highest BCUT2D eigenvalue weighted by molar-refractivity contribution is 5.38.